The van der Waals surface area contributed by atoms with Crippen LogP contribution in [0.4, 0.5) is 4.79 Å². The number of hydrogen-bond donors (Lipinski definition) is 3. The molecule has 0 fully saturated rings. The molecule has 4 N–H and O–H groups in total. The van der Waals surface area contributed by atoms with Crippen molar-refractivity contribution in [2.75, 3.05) is 0 Å². The fourth-order valence-corrected chi connectivity index (χ4v) is 1.57. The van der Waals surface area contributed by atoms with Crippen LogP contribution in [-0.2, 0) is 0 Å². The molecule has 0 aliphatic heterocycles. The lowest BCUT2D eigenvalue weighted by atomic mass is 10.1. The third-order valence-corrected chi connectivity index (χ3v) is 2.31. The predicted octanol–water partition coefficient (Wildman–Crippen LogP) is 1.56. The first-order valence-corrected chi connectivity index (χ1v) is 4.84. The average molecular weight is 216 g/mol. The van der Waals surface area contributed by atoms with Gasteiger partial charge in [0.15, 0.2) is 0 Å². The Bertz CT molecular complexity index is 556. The van der Waals surface area contributed by atoms with E-state index < -0.39 is 6.03 Å². The summed E-state index contributed by atoms with van der Waals surface area (Å²) in [6, 6.07) is 7.21. The molecule has 0 bridgehead atoms. The van der Waals surface area contributed by atoms with Gasteiger partial charge in [-0.05, 0) is 13.0 Å². The van der Waals surface area contributed by atoms with Crippen molar-refractivity contribution in [3.63, 3.8) is 0 Å². The van der Waals surface area contributed by atoms with Crippen molar-refractivity contribution in [2.45, 2.75) is 6.92 Å². The molecule has 82 valence electrons. The van der Waals surface area contributed by atoms with Crippen LogP contribution in [0.2, 0.25) is 0 Å². The number of aromatic amines is 1. The molecule has 2 rings (SSSR count). The van der Waals surface area contributed by atoms with Crippen molar-refractivity contribution in [2.24, 2.45) is 10.8 Å². The summed E-state index contributed by atoms with van der Waals surface area (Å²) in [7, 11) is 0. The first-order valence-electron chi connectivity index (χ1n) is 4.84. The van der Waals surface area contributed by atoms with Crippen molar-refractivity contribution in [1.82, 2.24) is 10.4 Å². The zero-order valence-electron chi connectivity index (χ0n) is 8.82. The molecule has 0 saturated heterocycles. The van der Waals surface area contributed by atoms with Crippen LogP contribution < -0.4 is 11.2 Å². The van der Waals surface area contributed by atoms with Gasteiger partial charge in [-0.15, -0.1) is 0 Å². The number of H-pyrrole nitrogens is 1. The van der Waals surface area contributed by atoms with Gasteiger partial charge in [-0.2, -0.15) is 5.10 Å². The van der Waals surface area contributed by atoms with Gasteiger partial charge in [-0.3, -0.25) is 0 Å². The number of nitrogens with zero attached hydrogens (tertiary/aromatic N) is 1. The Kier molecular flexibility index (Phi) is 2.59. The number of nitrogens with two attached hydrogens (primary N) is 1. The minimum atomic E-state index is -0.667. The summed E-state index contributed by atoms with van der Waals surface area (Å²) in [5.41, 5.74) is 9.84. The number of carbonyl (C=O) groups is 1. The van der Waals surface area contributed by atoms with Crippen LogP contribution in [0.25, 0.3) is 10.9 Å². The lowest BCUT2D eigenvalue weighted by molar-refractivity contribution is 0.249. The van der Waals surface area contributed by atoms with Crippen molar-refractivity contribution in [3.8, 4) is 0 Å². The summed E-state index contributed by atoms with van der Waals surface area (Å²) in [4.78, 5) is 13.7. The number of benzene rings is 1. The lowest BCUT2D eigenvalue weighted by Gasteiger charge is -1.98. The van der Waals surface area contributed by atoms with Gasteiger partial charge in [0.05, 0.1) is 5.71 Å². The number of amides is 2. The maximum Gasteiger partial charge on any atom is 0.332 e. The summed E-state index contributed by atoms with van der Waals surface area (Å²) >= 11 is 0. The van der Waals surface area contributed by atoms with E-state index >= 15 is 0 Å². The summed E-state index contributed by atoms with van der Waals surface area (Å²) in [5, 5.41) is 4.95. The second-order valence-electron chi connectivity index (χ2n) is 3.42. The van der Waals surface area contributed by atoms with E-state index in [1.165, 1.54) is 0 Å². The number of hydrogen-bond acceptors (Lipinski definition) is 2. The molecule has 1 aromatic carbocycles. The molecule has 0 aliphatic carbocycles. The van der Waals surface area contributed by atoms with Gasteiger partial charge in [0.1, 0.15) is 0 Å². The molecule has 5 nitrogen and oxygen atoms in total. The van der Waals surface area contributed by atoms with Crippen LogP contribution in [-0.4, -0.2) is 16.7 Å². The second-order valence-corrected chi connectivity index (χ2v) is 3.42. The summed E-state index contributed by atoms with van der Waals surface area (Å²) in [6.45, 7) is 1.81. The number of carbonyl (C=O) groups excluding carboxylic acids is 1. The topological polar surface area (TPSA) is 83.3 Å². The smallest absolute Gasteiger partial charge is 0.332 e. The van der Waals surface area contributed by atoms with E-state index in [9.17, 15) is 4.79 Å². The van der Waals surface area contributed by atoms with Crippen LogP contribution in [0.5, 0.6) is 0 Å². The number of para-hydroxylation sites is 1. The highest BCUT2D eigenvalue weighted by atomic mass is 16.2. The average Bonchev–Trinajstić information content (AvgIpc) is 2.69. The standard InChI is InChI=1S/C11H12N4O/c1-7(14-15-11(12)16)9-6-13-10-5-3-2-4-8(9)10/h2-6,13H,1H3,(H3,12,15,16)/b14-7-. The van der Waals surface area contributed by atoms with Gasteiger partial charge in [-0.1, -0.05) is 18.2 Å². The minimum absolute atomic E-state index is 0.667. The summed E-state index contributed by atoms with van der Waals surface area (Å²) < 4.78 is 0. The van der Waals surface area contributed by atoms with Crippen LogP contribution >= 0.6 is 0 Å². The molecule has 2 amide bonds. The van der Waals surface area contributed by atoms with Gasteiger partial charge in [-0.25, -0.2) is 10.2 Å². The number of urea groups is 1. The van der Waals surface area contributed by atoms with Crippen molar-refractivity contribution < 1.29 is 4.79 Å². The first kappa shape index (κ1) is 10.2. The Morgan fingerprint density at radius 1 is 1.44 bits per heavy atom. The SMILES string of the molecule is C/C(=N/NC(N)=O)c1c[nH]c2ccccc12. The number of fused-ring (bicyclic) bond motifs is 1. The molecular formula is C11H12N4O. The molecule has 1 heterocycles. The molecular weight excluding hydrogens is 204 g/mol. The van der Waals surface area contributed by atoms with Crippen molar-refractivity contribution in [1.29, 1.82) is 0 Å². The first-order chi connectivity index (χ1) is 7.68. The monoisotopic (exact) mass is 216 g/mol. The van der Waals surface area contributed by atoms with E-state index in [2.05, 4.69) is 15.5 Å². The van der Waals surface area contributed by atoms with Gasteiger partial charge >= 0.3 is 6.03 Å². The minimum Gasteiger partial charge on any atom is -0.360 e. The van der Waals surface area contributed by atoms with Gasteiger partial charge < -0.3 is 10.7 Å². The van der Waals surface area contributed by atoms with E-state index in [-0.39, 0.29) is 0 Å². The zero-order chi connectivity index (χ0) is 11.5. The van der Waals surface area contributed by atoms with E-state index in [1.807, 2.05) is 37.4 Å². The Labute approximate surface area is 92.3 Å². The maximum absolute atomic E-state index is 10.5. The number of rotatable bonds is 2. The van der Waals surface area contributed by atoms with Gasteiger partial charge in [0, 0.05) is 22.7 Å². The predicted molar refractivity (Wildman–Crippen MR) is 63.2 cm³/mol. The van der Waals surface area contributed by atoms with Crippen LogP contribution in [0.1, 0.15) is 12.5 Å². The highest BCUT2D eigenvalue weighted by molar-refractivity contribution is 6.09. The molecule has 0 atom stereocenters. The fourth-order valence-electron chi connectivity index (χ4n) is 1.57. The van der Waals surface area contributed by atoms with E-state index in [4.69, 9.17) is 5.73 Å². The Morgan fingerprint density at radius 2 is 2.19 bits per heavy atom. The highest BCUT2D eigenvalue weighted by Gasteiger charge is 2.05. The number of primary amides is 1. The van der Waals surface area contributed by atoms with Gasteiger partial charge in [0.25, 0.3) is 0 Å². The Morgan fingerprint density at radius 3 is 2.94 bits per heavy atom. The van der Waals surface area contributed by atoms with Gasteiger partial charge in [0.2, 0.25) is 0 Å². The largest absolute Gasteiger partial charge is 0.360 e. The van der Waals surface area contributed by atoms with E-state index in [0.29, 0.717) is 5.71 Å². The van der Waals surface area contributed by atoms with E-state index in [0.717, 1.165) is 16.5 Å². The molecule has 0 spiro atoms. The molecule has 0 radical (unpaired) electrons. The number of nitrogens with one attached hydrogen (secondary N) is 2. The number of aromatic nitrogens is 1. The lowest BCUT2D eigenvalue weighted by Crippen LogP contribution is -2.25. The van der Waals surface area contributed by atoms with Crippen LogP contribution in [0, 0.1) is 0 Å². The third kappa shape index (κ3) is 1.88. The van der Waals surface area contributed by atoms with Crippen LogP contribution in [0.3, 0.4) is 0 Å². The van der Waals surface area contributed by atoms with Crippen molar-refractivity contribution in [3.05, 3.63) is 36.0 Å². The summed E-state index contributed by atoms with van der Waals surface area (Å²) in [6.07, 6.45) is 1.85. The molecule has 0 aliphatic rings. The van der Waals surface area contributed by atoms with Crippen LogP contribution in [0.15, 0.2) is 35.6 Å². The second kappa shape index (κ2) is 4.06. The third-order valence-electron chi connectivity index (χ3n) is 2.31. The highest BCUT2D eigenvalue weighted by Crippen LogP contribution is 2.17. The quantitative estimate of drug-likeness (QED) is 0.516. The number of hydrazone groups is 1. The van der Waals surface area contributed by atoms with Crippen molar-refractivity contribution >= 4 is 22.6 Å². The normalized spacial score (nSPS) is 11.7. The molecule has 5 heteroatoms. The zero-order valence-corrected chi connectivity index (χ0v) is 8.82. The Hall–Kier alpha value is -2.30. The Balaban J connectivity index is 2.40. The molecule has 16 heavy (non-hydrogen) atoms. The maximum atomic E-state index is 10.5. The molecule has 0 unspecified atom stereocenters. The molecule has 2 aromatic rings. The molecule has 1 aromatic heterocycles. The fraction of sp³-hybridized carbons (Fsp3) is 0.0909. The summed E-state index contributed by atoms with van der Waals surface area (Å²) in [5.74, 6) is 0. The molecule has 0 saturated carbocycles. The van der Waals surface area contributed by atoms with E-state index in [1.54, 1.807) is 0 Å².